The van der Waals surface area contributed by atoms with Gasteiger partial charge in [-0.05, 0) is 23.8 Å². The molecule has 2 N–H and O–H groups in total. The molecule has 0 aliphatic heterocycles. The van der Waals surface area contributed by atoms with E-state index < -0.39 is 26.6 Å². The Morgan fingerprint density at radius 3 is 2.81 bits per heavy atom. The third-order valence-corrected chi connectivity index (χ3v) is 4.20. The van der Waals surface area contributed by atoms with Gasteiger partial charge in [-0.2, -0.15) is 4.98 Å². The number of rotatable bonds is 3. The fraction of sp³-hybridized carbons (Fsp3) is 0.0769. The standard InChI is InChI=1S/C13H10FN3O3S/c14-9-3-8(5-16-6-9)7-21(18,19)13-17-11-2-1-10(15)4-12(11)20-13/h1-6H,7,15H2. The molecule has 3 aromatic rings. The zero-order valence-corrected chi connectivity index (χ0v) is 11.5. The summed E-state index contributed by atoms with van der Waals surface area (Å²) in [5, 5.41) is -0.424. The zero-order chi connectivity index (χ0) is 15.0. The number of fused-ring (bicyclic) bond motifs is 1. The average molecular weight is 307 g/mol. The molecule has 2 heterocycles. The maximum Gasteiger partial charge on any atom is 0.316 e. The van der Waals surface area contributed by atoms with Crippen LogP contribution in [-0.2, 0) is 15.6 Å². The maximum atomic E-state index is 13.0. The smallest absolute Gasteiger partial charge is 0.316 e. The quantitative estimate of drug-likeness (QED) is 0.742. The summed E-state index contributed by atoms with van der Waals surface area (Å²) in [5.74, 6) is -1.05. The molecule has 108 valence electrons. The number of sulfone groups is 1. The number of pyridine rings is 1. The number of hydrogen-bond donors (Lipinski definition) is 1. The summed E-state index contributed by atoms with van der Waals surface area (Å²) in [6, 6.07) is 5.75. The van der Waals surface area contributed by atoms with Gasteiger partial charge >= 0.3 is 5.22 Å². The van der Waals surface area contributed by atoms with E-state index in [-0.39, 0.29) is 11.1 Å². The van der Waals surface area contributed by atoms with Gasteiger partial charge in [0, 0.05) is 18.0 Å². The third kappa shape index (κ3) is 2.70. The van der Waals surface area contributed by atoms with Crippen molar-refractivity contribution in [3.05, 3.63) is 48.0 Å². The number of hydrogen-bond acceptors (Lipinski definition) is 6. The van der Waals surface area contributed by atoms with Crippen molar-refractivity contribution < 1.29 is 17.2 Å². The van der Waals surface area contributed by atoms with E-state index in [1.54, 1.807) is 12.1 Å². The molecule has 0 fully saturated rings. The van der Waals surface area contributed by atoms with E-state index in [0.717, 1.165) is 12.3 Å². The van der Waals surface area contributed by atoms with Crippen molar-refractivity contribution >= 4 is 26.6 Å². The second kappa shape index (κ2) is 4.81. The van der Waals surface area contributed by atoms with E-state index in [1.165, 1.54) is 12.3 Å². The molecule has 6 nitrogen and oxygen atoms in total. The van der Waals surface area contributed by atoms with Crippen molar-refractivity contribution in [2.45, 2.75) is 11.0 Å². The molecule has 0 saturated heterocycles. The number of oxazole rings is 1. The summed E-state index contributed by atoms with van der Waals surface area (Å²) >= 11 is 0. The molecule has 0 spiro atoms. The molecule has 2 aromatic heterocycles. The fourth-order valence-electron chi connectivity index (χ4n) is 1.87. The van der Waals surface area contributed by atoms with Gasteiger partial charge in [0.15, 0.2) is 5.58 Å². The molecule has 8 heteroatoms. The molecule has 0 atom stereocenters. The van der Waals surface area contributed by atoms with Gasteiger partial charge in [0.05, 0.1) is 11.9 Å². The number of anilines is 1. The molecule has 21 heavy (non-hydrogen) atoms. The Bertz CT molecular complexity index is 921. The minimum Gasteiger partial charge on any atom is -0.428 e. The van der Waals surface area contributed by atoms with Crippen molar-refractivity contribution in [2.75, 3.05) is 5.73 Å². The minimum atomic E-state index is -3.83. The Kier molecular flexibility index (Phi) is 3.09. The van der Waals surface area contributed by atoms with E-state index in [0.29, 0.717) is 11.2 Å². The average Bonchev–Trinajstić information content (AvgIpc) is 2.82. The van der Waals surface area contributed by atoms with Crippen LogP contribution in [0, 0.1) is 5.82 Å². The predicted molar refractivity (Wildman–Crippen MR) is 73.5 cm³/mol. The molecule has 0 amide bonds. The van der Waals surface area contributed by atoms with Gasteiger partial charge in [-0.25, -0.2) is 12.8 Å². The lowest BCUT2D eigenvalue weighted by molar-refractivity contribution is 0.458. The van der Waals surface area contributed by atoms with Crippen LogP contribution in [0.25, 0.3) is 11.1 Å². The highest BCUT2D eigenvalue weighted by Gasteiger charge is 2.23. The number of nitrogens with two attached hydrogens (primary N) is 1. The minimum absolute atomic E-state index is 0.219. The van der Waals surface area contributed by atoms with Crippen molar-refractivity contribution in [3.8, 4) is 0 Å². The van der Waals surface area contributed by atoms with Gasteiger partial charge in [-0.15, -0.1) is 0 Å². The van der Waals surface area contributed by atoms with Crippen LogP contribution in [0.4, 0.5) is 10.1 Å². The highest BCUT2D eigenvalue weighted by atomic mass is 32.2. The van der Waals surface area contributed by atoms with Crippen LogP contribution in [0.2, 0.25) is 0 Å². The Morgan fingerprint density at radius 1 is 1.24 bits per heavy atom. The van der Waals surface area contributed by atoms with Crippen LogP contribution in [0.5, 0.6) is 0 Å². The molecule has 0 unspecified atom stereocenters. The molecule has 0 saturated carbocycles. The molecule has 0 aliphatic rings. The Balaban J connectivity index is 2.00. The summed E-state index contributed by atoms with van der Waals surface area (Å²) in [6.07, 6.45) is 2.28. The Morgan fingerprint density at radius 2 is 2.05 bits per heavy atom. The number of benzene rings is 1. The summed E-state index contributed by atoms with van der Waals surface area (Å²) in [7, 11) is -3.83. The third-order valence-electron chi connectivity index (χ3n) is 2.78. The maximum absolute atomic E-state index is 13.0. The Labute approximate surface area is 119 Å². The van der Waals surface area contributed by atoms with Gasteiger partial charge in [0.25, 0.3) is 0 Å². The monoisotopic (exact) mass is 307 g/mol. The van der Waals surface area contributed by atoms with Crippen molar-refractivity contribution in [2.24, 2.45) is 0 Å². The first-order chi connectivity index (χ1) is 9.94. The second-order valence-corrected chi connectivity index (χ2v) is 6.34. The first-order valence-electron chi connectivity index (χ1n) is 5.92. The normalized spacial score (nSPS) is 11.9. The molecule has 0 aliphatic carbocycles. The molecule has 1 aromatic carbocycles. The van der Waals surface area contributed by atoms with E-state index >= 15 is 0 Å². The van der Waals surface area contributed by atoms with Gasteiger partial charge in [0.1, 0.15) is 11.3 Å². The largest absolute Gasteiger partial charge is 0.428 e. The van der Waals surface area contributed by atoms with Crippen LogP contribution in [0.3, 0.4) is 0 Å². The first kappa shape index (κ1) is 13.5. The van der Waals surface area contributed by atoms with Crippen molar-refractivity contribution in [1.82, 2.24) is 9.97 Å². The highest BCUT2D eigenvalue weighted by Crippen LogP contribution is 2.23. The SMILES string of the molecule is Nc1ccc2nc(S(=O)(=O)Cc3cncc(F)c3)oc2c1. The van der Waals surface area contributed by atoms with Gasteiger partial charge in [-0.3, -0.25) is 4.98 Å². The summed E-state index contributed by atoms with van der Waals surface area (Å²) in [5.41, 5.74) is 6.93. The van der Waals surface area contributed by atoms with Crippen LogP contribution < -0.4 is 5.73 Å². The lowest BCUT2D eigenvalue weighted by Crippen LogP contribution is -2.05. The predicted octanol–water partition coefficient (Wildman–Crippen LogP) is 1.92. The number of nitrogens with zero attached hydrogens (tertiary/aromatic N) is 2. The van der Waals surface area contributed by atoms with Crippen LogP contribution >= 0.6 is 0 Å². The topological polar surface area (TPSA) is 99.1 Å². The van der Waals surface area contributed by atoms with Crippen molar-refractivity contribution in [3.63, 3.8) is 0 Å². The van der Waals surface area contributed by atoms with E-state index in [4.69, 9.17) is 10.2 Å². The molecular weight excluding hydrogens is 297 g/mol. The summed E-state index contributed by atoms with van der Waals surface area (Å²) in [4.78, 5) is 7.53. The van der Waals surface area contributed by atoms with E-state index in [2.05, 4.69) is 9.97 Å². The molecule has 3 rings (SSSR count). The van der Waals surface area contributed by atoms with Crippen LogP contribution in [0.15, 0.2) is 46.3 Å². The van der Waals surface area contributed by atoms with Crippen molar-refractivity contribution in [1.29, 1.82) is 0 Å². The number of halogens is 1. The molecular formula is C13H10FN3O3S. The zero-order valence-electron chi connectivity index (χ0n) is 10.7. The van der Waals surface area contributed by atoms with Crippen LogP contribution in [0.1, 0.15) is 5.56 Å². The summed E-state index contributed by atoms with van der Waals surface area (Å²) in [6.45, 7) is 0. The van der Waals surface area contributed by atoms with Crippen LogP contribution in [-0.4, -0.2) is 18.4 Å². The first-order valence-corrected chi connectivity index (χ1v) is 7.57. The van der Waals surface area contributed by atoms with Gasteiger partial charge in [0.2, 0.25) is 9.84 Å². The van der Waals surface area contributed by atoms with Gasteiger partial charge in [-0.1, -0.05) is 0 Å². The molecule has 0 bridgehead atoms. The Hall–Kier alpha value is -2.48. The highest BCUT2D eigenvalue weighted by molar-refractivity contribution is 7.90. The summed E-state index contributed by atoms with van der Waals surface area (Å²) < 4.78 is 42.7. The second-order valence-electron chi connectivity index (χ2n) is 4.48. The van der Waals surface area contributed by atoms with E-state index in [9.17, 15) is 12.8 Å². The van der Waals surface area contributed by atoms with Gasteiger partial charge < -0.3 is 10.2 Å². The lowest BCUT2D eigenvalue weighted by Gasteiger charge is -1.99. The lowest BCUT2D eigenvalue weighted by atomic mass is 10.3. The number of aromatic nitrogens is 2. The molecule has 0 radical (unpaired) electrons. The fourth-order valence-corrected chi connectivity index (χ4v) is 3.04. The van der Waals surface area contributed by atoms with E-state index in [1.807, 2.05) is 0 Å². The number of nitrogen functional groups attached to an aromatic ring is 1.